The van der Waals surface area contributed by atoms with Gasteiger partial charge in [0, 0.05) is 24.3 Å². The molecule has 0 radical (unpaired) electrons. The molecule has 1 N–H and O–H groups in total. The predicted octanol–water partition coefficient (Wildman–Crippen LogP) is 8.89. The SMILES string of the molecule is CC(=O)[C@@H]1C[C@H](C(=O)O[C@H]2CC[C@]3(C)[C@H]4CC[C@@H]5C6=C(C(C)C)C(=O)C[C@]6(C(=O)N6CCC[C@H]6C(C)(C)O)CC[C@@]5(C)[C@]4(C)CC[C@H]3C2(C)C)C1(C)C. The van der Waals surface area contributed by atoms with E-state index in [9.17, 15) is 19.5 Å². The number of hydrogen-bond donors (Lipinski definition) is 1. The smallest absolute Gasteiger partial charge is 0.309 e. The van der Waals surface area contributed by atoms with Crippen molar-refractivity contribution in [1.29, 1.82) is 0 Å². The molecule has 6 fully saturated rings. The second kappa shape index (κ2) is 12.2. The Hall–Kier alpha value is -2.02. The maximum atomic E-state index is 15.1. The summed E-state index contributed by atoms with van der Waals surface area (Å²) in [6.45, 7) is 26.7. The van der Waals surface area contributed by atoms with E-state index in [1.54, 1.807) is 6.92 Å². The van der Waals surface area contributed by atoms with Crippen molar-refractivity contribution in [3.05, 3.63) is 11.1 Å². The number of Topliss-reactive ketones (excluding diaryl/α,β-unsaturated/α-hetero) is 2. The van der Waals surface area contributed by atoms with Crippen LogP contribution in [0, 0.1) is 68.0 Å². The molecule has 0 aromatic carbocycles. The Morgan fingerprint density at radius 2 is 1.51 bits per heavy atom. The summed E-state index contributed by atoms with van der Waals surface area (Å²) in [5.41, 5.74) is -0.124. The molecule has 1 amide bonds. The minimum Gasteiger partial charge on any atom is -0.462 e. The molecule has 1 aliphatic heterocycles. The first kappa shape index (κ1) is 39.2. The van der Waals surface area contributed by atoms with Gasteiger partial charge in [0.1, 0.15) is 11.9 Å². The van der Waals surface area contributed by atoms with Crippen molar-refractivity contribution >= 4 is 23.4 Å². The first-order valence-corrected chi connectivity index (χ1v) is 21.4. The van der Waals surface area contributed by atoms with Crippen LogP contribution in [0.4, 0.5) is 0 Å². The van der Waals surface area contributed by atoms with E-state index in [1.807, 2.05) is 32.6 Å². The largest absolute Gasteiger partial charge is 0.462 e. The van der Waals surface area contributed by atoms with Crippen molar-refractivity contribution in [3.63, 3.8) is 0 Å². The number of ketones is 2. The number of allylic oxidation sites excluding steroid dienone is 1. The van der Waals surface area contributed by atoms with Gasteiger partial charge in [-0.15, -0.1) is 0 Å². The molecular weight excluding hydrogens is 663 g/mol. The van der Waals surface area contributed by atoms with Gasteiger partial charge in [-0.25, -0.2) is 0 Å². The Kier molecular flexibility index (Phi) is 9.06. The summed E-state index contributed by atoms with van der Waals surface area (Å²) < 4.78 is 6.49. The van der Waals surface area contributed by atoms with Crippen molar-refractivity contribution < 1.29 is 29.0 Å². The van der Waals surface area contributed by atoms with Gasteiger partial charge in [-0.3, -0.25) is 19.2 Å². The highest BCUT2D eigenvalue weighted by Gasteiger charge is 2.71. The fourth-order valence-electron chi connectivity index (χ4n) is 15.3. The van der Waals surface area contributed by atoms with E-state index in [2.05, 4.69) is 48.5 Å². The quantitative estimate of drug-likeness (QED) is 0.274. The first-order valence-electron chi connectivity index (χ1n) is 21.4. The number of aliphatic hydroxyl groups is 1. The third-order valence-electron chi connectivity index (χ3n) is 18.4. The van der Waals surface area contributed by atoms with E-state index in [4.69, 9.17) is 4.74 Å². The molecule has 7 nitrogen and oxygen atoms in total. The van der Waals surface area contributed by atoms with E-state index in [-0.39, 0.29) is 92.8 Å². The van der Waals surface area contributed by atoms with Crippen LogP contribution in [-0.4, -0.2) is 57.7 Å². The molecule has 0 aromatic heterocycles. The van der Waals surface area contributed by atoms with Gasteiger partial charge in [-0.2, -0.15) is 0 Å². The number of carbonyl (C=O) groups excluding carboxylic acids is 4. The Balaban J connectivity index is 1.18. The molecule has 6 aliphatic carbocycles. The van der Waals surface area contributed by atoms with Crippen LogP contribution in [0.25, 0.3) is 0 Å². The van der Waals surface area contributed by atoms with Gasteiger partial charge in [0.05, 0.1) is 23.0 Å². The number of ether oxygens (including phenoxy) is 1. The van der Waals surface area contributed by atoms with E-state index in [1.165, 1.54) is 5.57 Å². The molecular formula is C46H71NO6. The number of nitrogens with zero attached hydrogens (tertiary/aromatic N) is 1. The van der Waals surface area contributed by atoms with Crippen LogP contribution in [0.15, 0.2) is 11.1 Å². The number of rotatable bonds is 6. The van der Waals surface area contributed by atoms with Gasteiger partial charge in [0.2, 0.25) is 5.91 Å². The molecule has 296 valence electrons. The van der Waals surface area contributed by atoms with Gasteiger partial charge in [-0.05, 0) is 148 Å². The summed E-state index contributed by atoms with van der Waals surface area (Å²) in [6.07, 6.45) is 10.2. The number of likely N-dealkylation sites (tertiary alicyclic amines) is 1. The number of amides is 1. The van der Waals surface area contributed by atoms with Crippen LogP contribution in [-0.2, 0) is 23.9 Å². The highest BCUT2D eigenvalue weighted by molar-refractivity contribution is 6.07. The Morgan fingerprint density at radius 1 is 0.830 bits per heavy atom. The van der Waals surface area contributed by atoms with E-state index < -0.39 is 11.0 Å². The summed E-state index contributed by atoms with van der Waals surface area (Å²) in [6, 6.07) is -0.226. The van der Waals surface area contributed by atoms with Crippen molar-refractivity contribution in [2.45, 2.75) is 178 Å². The fourth-order valence-corrected chi connectivity index (χ4v) is 15.3. The second-order valence-electron chi connectivity index (χ2n) is 22.1. The monoisotopic (exact) mass is 734 g/mol. The predicted molar refractivity (Wildman–Crippen MR) is 206 cm³/mol. The zero-order valence-electron chi connectivity index (χ0n) is 35.2. The van der Waals surface area contributed by atoms with Crippen molar-refractivity contribution in [2.24, 2.45) is 68.0 Å². The minimum absolute atomic E-state index is 0.0393. The van der Waals surface area contributed by atoms with Crippen molar-refractivity contribution in [1.82, 2.24) is 4.90 Å². The Labute approximate surface area is 320 Å². The zero-order chi connectivity index (χ0) is 39.1. The highest BCUT2D eigenvalue weighted by atomic mass is 16.5. The van der Waals surface area contributed by atoms with Crippen molar-refractivity contribution in [2.75, 3.05) is 6.54 Å². The lowest BCUT2D eigenvalue weighted by Crippen LogP contribution is -2.66. The third-order valence-corrected chi connectivity index (χ3v) is 18.4. The summed E-state index contributed by atoms with van der Waals surface area (Å²) in [5.74, 6) is 1.18. The molecule has 11 atom stereocenters. The molecule has 0 spiro atoms. The van der Waals surface area contributed by atoms with Crippen LogP contribution in [0.2, 0.25) is 0 Å². The van der Waals surface area contributed by atoms with Crippen LogP contribution in [0.1, 0.15) is 160 Å². The Bertz CT molecular complexity index is 1610. The average Bonchev–Trinajstić information content (AvgIpc) is 3.65. The number of hydrogen-bond acceptors (Lipinski definition) is 6. The third kappa shape index (κ3) is 5.25. The lowest BCUT2D eigenvalue weighted by atomic mass is 9.33. The normalized spacial score (nSPS) is 44.5. The molecule has 0 bridgehead atoms. The van der Waals surface area contributed by atoms with Gasteiger partial charge in [0.25, 0.3) is 0 Å². The summed E-state index contributed by atoms with van der Waals surface area (Å²) in [4.78, 5) is 57.1. The average molecular weight is 734 g/mol. The maximum absolute atomic E-state index is 15.1. The van der Waals surface area contributed by atoms with Gasteiger partial charge in [0.15, 0.2) is 5.78 Å². The number of fused-ring (bicyclic) bond motifs is 7. The number of esters is 1. The molecule has 5 saturated carbocycles. The van der Waals surface area contributed by atoms with E-state index in [0.29, 0.717) is 31.2 Å². The van der Waals surface area contributed by atoms with Crippen LogP contribution >= 0.6 is 0 Å². The van der Waals surface area contributed by atoms with Crippen LogP contribution in [0.3, 0.4) is 0 Å². The standard InChI is InChI=1S/C46H71NO6/c1-26(2)36-31(49)25-46(39(51)47-23-13-14-34(47)42(8,9)52)22-21-44(11)28(37(36)46)15-16-33-43(10)19-18-35(41(6,7)32(43)17-20-45(33,44)12)53-38(50)30-24-29(27(3)48)40(30,4)5/h26,28-30,32-35,52H,13-25H2,1-12H3/t28-,29+,30-,32+,33-,34+,35+,43+,44-,45-,46-/m1/s1. The van der Waals surface area contributed by atoms with Crippen molar-refractivity contribution in [3.8, 4) is 0 Å². The number of carbonyl (C=O) groups is 4. The lowest BCUT2D eigenvalue weighted by molar-refractivity contribution is -0.236. The lowest BCUT2D eigenvalue weighted by Gasteiger charge is -2.72. The first-order chi connectivity index (χ1) is 24.4. The van der Waals surface area contributed by atoms with Gasteiger partial charge in [-0.1, -0.05) is 62.3 Å². The van der Waals surface area contributed by atoms with E-state index in [0.717, 1.165) is 63.4 Å². The molecule has 0 aromatic rings. The summed E-state index contributed by atoms with van der Waals surface area (Å²) in [5, 5.41) is 11.2. The van der Waals surface area contributed by atoms with Crippen LogP contribution < -0.4 is 0 Å². The van der Waals surface area contributed by atoms with Crippen LogP contribution in [0.5, 0.6) is 0 Å². The summed E-state index contributed by atoms with van der Waals surface area (Å²) in [7, 11) is 0. The molecule has 7 aliphatic rings. The maximum Gasteiger partial charge on any atom is 0.309 e. The minimum atomic E-state index is -0.990. The molecule has 7 heteroatoms. The second-order valence-corrected chi connectivity index (χ2v) is 22.1. The molecule has 53 heavy (non-hydrogen) atoms. The van der Waals surface area contributed by atoms with Gasteiger partial charge >= 0.3 is 5.97 Å². The molecule has 1 heterocycles. The molecule has 1 saturated heterocycles. The molecule has 7 rings (SSSR count). The fraction of sp³-hybridized carbons (Fsp3) is 0.870. The molecule has 0 unspecified atom stereocenters. The zero-order valence-corrected chi connectivity index (χ0v) is 35.2. The highest BCUT2D eigenvalue weighted by Crippen LogP contribution is 2.77. The van der Waals surface area contributed by atoms with E-state index >= 15 is 4.79 Å². The Morgan fingerprint density at radius 3 is 2.11 bits per heavy atom. The summed E-state index contributed by atoms with van der Waals surface area (Å²) >= 11 is 0. The van der Waals surface area contributed by atoms with Gasteiger partial charge < -0.3 is 14.7 Å². The topological polar surface area (TPSA) is 101 Å².